The number of benzene rings is 1. The maximum Gasteiger partial charge on any atom is 0.125 e. The average Bonchev–Trinajstić information content (AvgIpc) is 3.01. The highest BCUT2D eigenvalue weighted by molar-refractivity contribution is 9.10. The predicted molar refractivity (Wildman–Crippen MR) is 77.4 cm³/mol. The summed E-state index contributed by atoms with van der Waals surface area (Å²) in [6.45, 7) is 0.781. The Kier molecular flexibility index (Phi) is 2.72. The first-order valence-corrected chi connectivity index (χ1v) is 8.10. The lowest BCUT2D eigenvalue weighted by molar-refractivity contribution is -0.0129. The molecule has 0 aromatic heterocycles. The lowest BCUT2D eigenvalue weighted by Crippen LogP contribution is -2.37. The van der Waals surface area contributed by atoms with Gasteiger partial charge in [0.1, 0.15) is 5.75 Å². The van der Waals surface area contributed by atoms with Crippen molar-refractivity contribution in [2.75, 3.05) is 6.61 Å². The van der Waals surface area contributed by atoms with Crippen LogP contribution in [0.3, 0.4) is 0 Å². The molecule has 0 radical (unpaired) electrons. The van der Waals surface area contributed by atoms with Crippen LogP contribution in [0.5, 0.6) is 5.75 Å². The van der Waals surface area contributed by atoms with E-state index in [1.807, 2.05) is 0 Å². The minimum Gasteiger partial charge on any atom is -0.493 e. The van der Waals surface area contributed by atoms with E-state index in [0.717, 1.165) is 42.0 Å². The standard InChI is InChI=1S/C16H19BrO2/c17-14-6-11-3-4-19-15(11)12(7-14)9-16(18)8-10-1-2-13(16)5-10/h6-7,10,13,18H,1-5,8-9H2. The van der Waals surface area contributed by atoms with Gasteiger partial charge in [-0.15, -0.1) is 0 Å². The first-order chi connectivity index (χ1) is 9.14. The third-order valence-electron chi connectivity index (χ3n) is 5.27. The van der Waals surface area contributed by atoms with Crippen LogP contribution in [0.15, 0.2) is 16.6 Å². The van der Waals surface area contributed by atoms with E-state index in [1.54, 1.807) is 0 Å². The molecule has 102 valence electrons. The number of fused-ring (bicyclic) bond motifs is 3. The van der Waals surface area contributed by atoms with Crippen LogP contribution in [-0.4, -0.2) is 17.3 Å². The molecule has 3 unspecified atom stereocenters. The lowest BCUT2D eigenvalue weighted by Gasteiger charge is -2.33. The molecule has 0 amide bonds. The van der Waals surface area contributed by atoms with Crippen molar-refractivity contribution in [2.45, 2.75) is 44.1 Å². The van der Waals surface area contributed by atoms with Gasteiger partial charge >= 0.3 is 0 Å². The molecule has 0 spiro atoms. The minimum absolute atomic E-state index is 0.483. The maximum atomic E-state index is 11.0. The second kappa shape index (κ2) is 4.23. The van der Waals surface area contributed by atoms with E-state index in [4.69, 9.17) is 4.74 Å². The van der Waals surface area contributed by atoms with Gasteiger partial charge in [-0.1, -0.05) is 15.9 Å². The second-order valence-corrected chi connectivity index (χ2v) is 7.43. The molecule has 2 aliphatic carbocycles. The summed E-state index contributed by atoms with van der Waals surface area (Å²) in [7, 11) is 0. The first kappa shape index (κ1) is 12.2. The van der Waals surface area contributed by atoms with Crippen molar-refractivity contribution >= 4 is 15.9 Å². The Morgan fingerprint density at radius 2 is 2.26 bits per heavy atom. The van der Waals surface area contributed by atoms with Crippen LogP contribution in [0.25, 0.3) is 0 Å². The molecular weight excluding hydrogens is 304 g/mol. The van der Waals surface area contributed by atoms with E-state index < -0.39 is 5.60 Å². The lowest BCUT2D eigenvalue weighted by atomic mass is 9.79. The summed E-state index contributed by atoms with van der Waals surface area (Å²) in [6, 6.07) is 4.28. The number of hydrogen-bond donors (Lipinski definition) is 1. The molecule has 1 aliphatic heterocycles. The fourth-order valence-electron chi connectivity index (χ4n) is 4.44. The third kappa shape index (κ3) is 1.93. The highest BCUT2D eigenvalue weighted by Gasteiger charge is 2.50. The molecule has 2 bridgehead atoms. The van der Waals surface area contributed by atoms with Crippen LogP contribution in [-0.2, 0) is 12.8 Å². The van der Waals surface area contributed by atoms with Gasteiger partial charge in [0.2, 0.25) is 0 Å². The van der Waals surface area contributed by atoms with Crippen LogP contribution < -0.4 is 4.74 Å². The van der Waals surface area contributed by atoms with Gasteiger partial charge in [-0.2, -0.15) is 0 Å². The van der Waals surface area contributed by atoms with E-state index in [-0.39, 0.29) is 0 Å². The number of rotatable bonds is 2. The SMILES string of the molecule is OC1(Cc2cc(Br)cc3c2OCC3)CC2CCC1C2. The average molecular weight is 323 g/mol. The molecule has 4 rings (SSSR count). The summed E-state index contributed by atoms with van der Waals surface area (Å²) in [5.74, 6) is 2.31. The van der Waals surface area contributed by atoms with Crippen molar-refractivity contribution in [1.29, 1.82) is 0 Å². The van der Waals surface area contributed by atoms with Crippen molar-refractivity contribution in [3.63, 3.8) is 0 Å². The summed E-state index contributed by atoms with van der Waals surface area (Å²) >= 11 is 3.59. The van der Waals surface area contributed by atoms with Gasteiger partial charge in [0, 0.05) is 17.3 Å². The number of hydrogen-bond acceptors (Lipinski definition) is 2. The van der Waals surface area contributed by atoms with Gasteiger partial charge in [0.15, 0.2) is 0 Å². The minimum atomic E-state index is -0.483. The van der Waals surface area contributed by atoms with Crippen LogP contribution in [0.4, 0.5) is 0 Å². The van der Waals surface area contributed by atoms with Crippen LogP contribution in [0, 0.1) is 11.8 Å². The molecular formula is C16H19BrO2. The normalized spacial score (nSPS) is 35.5. The Bertz CT molecular complexity index is 528. The molecule has 1 aromatic rings. The van der Waals surface area contributed by atoms with Crippen LogP contribution in [0.1, 0.15) is 36.8 Å². The molecule has 0 saturated heterocycles. The summed E-state index contributed by atoms with van der Waals surface area (Å²) in [6.07, 6.45) is 6.49. The van der Waals surface area contributed by atoms with Gasteiger partial charge < -0.3 is 9.84 Å². The van der Waals surface area contributed by atoms with Gasteiger partial charge in [0.05, 0.1) is 12.2 Å². The summed E-state index contributed by atoms with van der Waals surface area (Å²) in [5.41, 5.74) is 2.00. The largest absolute Gasteiger partial charge is 0.493 e. The van der Waals surface area contributed by atoms with E-state index in [9.17, 15) is 5.11 Å². The number of halogens is 1. The fourth-order valence-corrected chi connectivity index (χ4v) is 4.99. The Morgan fingerprint density at radius 1 is 1.37 bits per heavy atom. The Labute approximate surface area is 122 Å². The van der Waals surface area contributed by atoms with Gasteiger partial charge in [-0.3, -0.25) is 0 Å². The highest BCUT2D eigenvalue weighted by atomic mass is 79.9. The Morgan fingerprint density at radius 3 is 3.00 bits per heavy atom. The first-order valence-electron chi connectivity index (χ1n) is 7.30. The molecule has 1 aromatic carbocycles. The van der Waals surface area contributed by atoms with E-state index in [0.29, 0.717) is 5.92 Å². The zero-order valence-electron chi connectivity index (χ0n) is 11.0. The molecule has 19 heavy (non-hydrogen) atoms. The number of aliphatic hydroxyl groups is 1. The van der Waals surface area contributed by atoms with Crippen molar-refractivity contribution in [3.8, 4) is 5.75 Å². The Hall–Kier alpha value is -0.540. The maximum absolute atomic E-state index is 11.0. The fraction of sp³-hybridized carbons (Fsp3) is 0.625. The van der Waals surface area contributed by atoms with E-state index in [2.05, 4.69) is 28.1 Å². The predicted octanol–water partition coefficient (Wildman–Crippen LogP) is 3.48. The summed E-state index contributed by atoms with van der Waals surface area (Å²) in [5, 5.41) is 11.0. The van der Waals surface area contributed by atoms with Gasteiger partial charge in [-0.25, -0.2) is 0 Å². The summed E-state index contributed by atoms with van der Waals surface area (Å²) in [4.78, 5) is 0. The molecule has 2 nitrogen and oxygen atoms in total. The zero-order valence-corrected chi connectivity index (χ0v) is 12.6. The molecule has 2 fully saturated rings. The molecule has 1 N–H and O–H groups in total. The van der Waals surface area contributed by atoms with Crippen LogP contribution in [0.2, 0.25) is 0 Å². The van der Waals surface area contributed by atoms with Crippen molar-refractivity contribution in [1.82, 2.24) is 0 Å². The van der Waals surface area contributed by atoms with Gasteiger partial charge in [-0.05, 0) is 60.8 Å². The Balaban J connectivity index is 1.67. The molecule has 3 heteroatoms. The van der Waals surface area contributed by atoms with Crippen LogP contribution >= 0.6 is 15.9 Å². The van der Waals surface area contributed by atoms with Crippen molar-refractivity contribution in [3.05, 3.63) is 27.7 Å². The van der Waals surface area contributed by atoms with E-state index >= 15 is 0 Å². The zero-order chi connectivity index (χ0) is 13.0. The molecule has 2 saturated carbocycles. The molecule has 3 atom stereocenters. The summed E-state index contributed by atoms with van der Waals surface area (Å²) < 4.78 is 6.90. The van der Waals surface area contributed by atoms with Gasteiger partial charge in [0.25, 0.3) is 0 Å². The van der Waals surface area contributed by atoms with E-state index in [1.165, 1.54) is 30.4 Å². The highest BCUT2D eigenvalue weighted by Crippen LogP contribution is 2.52. The quantitative estimate of drug-likeness (QED) is 0.903. The smallest absolute Gasteiger partial charge is 0.125 e. The third-order valence-corrected chi connectivity index (χ3v) is 5.72. The van der Waals surface area contributed by atoms with Crippen molar-refractivity contribution < 1.29 is 9.84 Å². The number of ether oxygens (including phenoxy) is 1. The monoisotopic (exact) mass is 322 g/mol. The molecule has 3 aliphatic rings. The van der Waals surface area contributed by atoms with Crippen molar-refractivity contribution in [2.24, 2.45) is 11.8 Å². The second-order valence-electron chi connectivity index (χ2n) is 6.51. The molecule has 1 heterocycles. The topological polar surface area (TPSA) is 29.5 Å².